The molecule has 0 aliphatic heterocycles. The van der Waals surface area contributed by atoms with E-state index in [0.29, 0.717) is 5.56 Å². The third-order valence-corrected chi connectivity index (χ3v) is 5.95. The van der Waals surface area contributed by atoms with Gasteiger partial charge in [-0.3, -0.25) is 0 Å². The van der Waals surface area contributed by atoms with Crippen molar-refractivity contribution in [1.29, 1.82) is 5.26 Å². The average molecular weight is 404 g/mol. The summed E-state index contributed by atoms with van der Waals surface area (Å²) in [6, 6.07) is 33.5. The van der Waals surface area contributed by atoms with E-state index in [9.17, 15) is 5.26 Å². The van der Waals surface area contributed by atoms with Crippen molar-refractivity contribution in [1.82, 2.24) is 0 Å². The van der Waals surface area contributed by atoms with E-state index in [1.807, 2.05) is 25.1 Å². The standard InChI is InChI=1S/C28H18ClN/c1-18-16-20(10-11-21(18)17-30)28-25-8-4-2-6-23(25)27(19-12-14-22(29)15-13-19)24-7-3-5-9-26(24)28/h2-16H,1H3. The minimum absolute atomic E-state index is 0.713. The van der Waals surface area contributed by atoms with Crippen molar-refractivity contribution in [2.45, 2.75) is 6.92 Å². The number of fused-ring (bicyclic) bond motifs is 2. The molecular weight excluding hydrogens is 386 g/mol. The van der Waals surface area contributed by atoms with E-state index in [2.05, 4.69) is 78.9 Å². The summed E-state index contributed by atoms with van der Waals surface area (Å²) >= 11 is 6.16. The molecule has 0 atom stereocenters. The quantitative estimate of drug-likeness (QED) is 0.273. The van der Waals surface area contributed by atoms with E-state index in [0.717, 1.165) is 21.7 Å². The molecule has 0 bridgehead atoms. The third-order valence-electron chi connectivity index (χ3n) is 5.70. The molecule has 0 spiro atoms. The Labute approximate surface area is 180 Å². The first-order chi connectivity index (χ1) is 14.7. The van der Waals surface area contributed by atoms with Gasteiger partial charge in [-0.1, -0.05) is 84.4 Å². The highest BCUT2D eigenvalue weighted by atomic mass is 35.5. The predicted octanol–water partition coefficient (Wildman–Crippen LogP) is 8.16. The molecular formula is C28H18ClN. The van der Waals surface area contributed by atoms with Gasteiger partial charge in [-0.2, -0.15) is 5.26 Å². The van der Waals surface area contributed by atoms with Crippen LogP contribution in [-0.4, -0.2) is 0 Å². The van der Waals surface area contributed by atoms with Gasteiger partial charge in [-0.05, 0) is 74.5 Å². The fourth-order valence-corrected chi connectivity index (χ4v) is 4.44. The Morgan fingerprint density at radius 2 is 1.10 bits per heavy atom. The van der Waals surface area contributed by atoms with Crippen molar-refractivity contribution in [3.8, 4) is 28.3 Å². The molecule has 5 aromatic carbocycles. The van der Waals surface area contributed by atoms with Crippen LogP contribution in [-0.2, 0) is 0 Å². The van der Waals surface area contributed by atoms with Gasteiger partial charge in [0.25, 0.3) is 0 Å². The molecule has 142 valence electrons. The summed E-state index contributed by atoms with van der Waals surface area (Å²) in [6.45, 7) is 1.99. The first-order valence-electron chi connectivity index (χ1n) is 9.88. The normalized spacial score (nSPS) is 11.0. The van der Waals surface area contributed by atoms with Gasteiger partial charge in [0, 0.05) is 5.02 Å². The van der Waals surface area contributed by atoms with Gasteiger partial charge < -0.3 is 0 Å². The van der Waals surface area contributed by atoms with Crippen LogP contribution in [0.15, 0.2) is 91.0 Å². The highest BCUT2D eigenvalue weighted by Gasteiger charge is 2.16. The Balaban J connectivity index is 1.94. The smallest absolute Gasteiger partial charge is 0.0994 e. The second kappa shape index (κ2) is 7.34. The predicted molar refractivity (Wildman–Crippen MR) is 127 cm³/mol. The van der Waals surface area contributed by atoms with Crippen LogP contribution in [0.1, 0.15) is 11.1 Å². The van der Waals surface area contributed by atoms with E-state index in [-0.39, 0.29) is 0 Å². The number of rotatable bonds is 2. The zero-order chi connectivity index (χ0) is 20.7. The van der Waals surface area contributed by atoms with Gasteiger partial charge in [0.05, 0.1) is 11.6 Å². The maximum Gasteiger partial charge on any atom is 0.0994 e. The molecule has 2 heteroatoms. The van der Waals surface area contributed by atoms with Crippen molar-refractivity contribution in [2.75, 3.05) is 0 Å². The summed E-state index contributed by atoms with van der Waals surface area (Å²) in [6.07, 6.45) is 0. The summed E-state index contributed by atoms with van der Waals surface area (Å²) in [5.74, 6) is 0. The molecule has 0 aliphatic rings. The number of hydrogen-bond acceptors (Lipinski definition) is 1. The van der Waals surface area contributed by atoms with Crippen molar-refractivity contribution < 1.29 is 0 Å². The van der Waals surface area contributed by atoms with Crippen LogP contribution in [0.2, 0.25) is 5.02 Å². The van der Waals surface area contributed by atoms with Crippen LogP contribution >= 0.6 is 11.6 Å². The molecule has 0 N–H and O–H groups in total. The number of hydrogen-bond donors (Lipinski definition) is 0. The summed E-state index contributed by atoms with van der Waals surface area (Å²) in [5, 5.41) is 14.9. The van der Waals surface area contributed by atoms with Crippen molar-refractivity contribution in [3.05, 3.63) is 107 Å². The Hall–Kier alpha value is -3.60. The monoisotopic (exact) mass is 403 g/mol. The van der Waals surface area contributed by atoms with E-state index in [1.165, 1.54) is 32.7 Å². The molecule has 5 aromatic rings. The topological polar surface area (TPSA) is 23.8 Å². The molecule has 0 heterocycles. The molecule has 30 heavy (non-hydrogen) atoms. The molecule has 1 nitrogen and oxygen atoms in total. The molecule has 5 rings (SSSR count). The molecule has 0 unspecified atom stereocenters. The first-order valence-corrected chi connectivity index (χ1v) is 10.3. The maximum atomic E-state index is 9.35. The van der Waals surface area contributed by atoms with Crippen LogP contribution in [0, 0.1) is 18.3 Å². The van der Waals surface area contributed by atoms with Gasteiger partial charge in [-0.15, -0.1) is 0 Å². The first kappa shape index (κ1) is 18.4. The van der Waals surface area contributed by atoms with Gasteiger partial charge in [-0.25, -0.2) is 0 Å². The molecule has 0 amide bonds. The minimum Gasteiger partial charge on any atom is -0.192 e. The summed E-state index contributed by atoms with van der Waals surface area (Å²) < 4.78 is 0. The lowest BCUT2D eigenvalue weighted by Crippen LogP contribution is -1.92. The summed E-state index contributed by atoms with van der Waals surface area (Å²) in [4.78, 5) is 0. The van der Waals surface area contributed by atoms with Crippen molar-refractivity contribution >= 4 is 33.1 Å². The fraction of sp³-hybridized carbons (Fsp3) is 0.0357. The molecule has 0 fully saturated rings. The van der Waals surface area contributed by atoms with E-state index in [1.54, 1.807) is 0 Å². The second-order valence-corrected chi connectivity index (χ2v) is 7.93. The zero-order valence-corrected chi connectivity index (χ0v) is 17.2. The van der Waals surface area contributed by atoms with Crippen LogP contribution < -0.4 is 0 Å². The number of nitriles is 1. The van der Waals surface area contributed by atoms with Gasteiger partial charge >= 0.3 is 0 Å². The van der Waals surface area contributed by atoms with Gasteiger partial charge in [0.2, 0.25) is 0 Å². The second-order valence-electron chi connectivity index (χ2n) is 7.49. The van der Waals surface area contributed by atoms with Crippen molar-refractivity contribution in [2.24, 2.45) is 0 Å². The summed E-state index contributed by atoms with van der Waals surface area (Å²) in [7, 11) is 0. The molecule has 0 radical (unpaired) electrons. The maximum absolute atomic E-state index is 9.35. The molecule has 0 saturated carbocycles. The Kier molecular flexibility index (Phi) is 4.51. The largest absolute Gasteiger partial charge is 0.192 e. The van der Waals surface area contributed by atoms with Gasteiger partial charge in [0.1, 0.15) is 0 Å². The number of nitrogens with zero attached hydrogens (tertiary/aromatic N) is 1. The number of halogens is 1. The van der Waals surface area contributed by atoms with Crippen molar-refractivity contribution in [3.63, 3.8) is 0 Å². The highest BCUT2D eigenvalue weighted by Crippen LogP contribution is 2.43. The lowest BCUT2D eigenvalue weighted by Gasteiger charge is -2.18. The fourth-order valence-electron chi connectivity index (χ4n) is 4.31. The van der Waals surface area contributed by atoms with E-state index < -0.39 is 0 Å². The minimum atomic E-state index is 0.713. The average Bonchev–Trinajstić information content (AvgIpc) is 2.78. The Morgan fingerprint density at radius 3 is 1.57 bits per heavy atom. The Morgan fingerprint density at radius 1 is 0.633 bits per heavy atom. The SMILES string of the molecule is Cc1cc(-c2c3ccccc3c(-c3ccc(Cl)cc3)c3ccccc23)ccc1C#N. The van der Waals surface area contributed by atoms with Crippen LogP contribution in [0.5, 0.6) is 0 Å². The van der Waals surface area contributed by atoms with Crippen LogP contribution in [0.4, 0.5) is 0 Å². The Bertz CT molecular complexity index is 1400. The molecule has 0 aromatic heterocycles. The lowest BCUT2D eigenvalue weighted by molar-refractivity contribution is 1.40. The number of aryl methyl sites for hydroxylation is 1. The molecule has 0 aliphatic carbocycles. The zero-order valence-electron chi connectivity index (χ0n) is 16.5. The van der Waals surface area contributed by atoms with E-state index in [4.69, 9.17) is 11.6 Å². The summed E-state index contributed by atoms with van der Waals surface area (Å²) in [5.41, 5.74) is 6.39. The number of benzene rings is 5. The highest BCUT2D eigenvalue weighted by molar-refractivity contribution is 6.30. The van der Waals surface area contributed by atoms with E-state index >= 15 is 0 Å². The molecule has 0 saturated heterocycles. The van der Waals surface area contributed by atoms with Gasteiger partial charge in [0.15, 0.2) is 0 Å². The van der Waals surface area contributed by atoms with Crippen LogP contribution in [0.25, 0.3) is 43.8 Å². The lowest BCUT2D eigenvalue weighted by atomic mass is 9.85. The third kappa shape index (κ3) is 2.94. The van der Waals surface area contributed by atoms with Crippen LogP contribution in [0.3, 0.4) is 0 Å².